The fraction of sp³-hybridized carbons (Fsp3) is 0.533. The number of carboxylic acids is 1. The summed E-state index contributed by atoms with van der Waals surface area (Å²) in [5.41, 5.74) is 4.77. The number of rotatable bonds is 5. The molecule has 0 aliphatic heterocycles. The number of carbonyl (C=O) groups excluding carboxylic acids is 1. The molecule has 1 aromatic heterocycles. The van der Waals surface area contributed by atoms with Crippen molar-refractivity contribution in [3.8, 4) is 0 Å². The van der Waals surface area contributed by atoms with E-state index < -0.39 is 17.3 Å². The Balaban J connectivity index is 2.04. The van der Waals surface area contributed by atoms with Gasteiger partial charge >= 0.3 is 5.97 Å². The first-order valence-corrected chi connectivity index (χ1v) is 7.27. The Hall–Kier alpha value is -2.11. The highest BCUT2D eigenvalue weighted by molar-refractivity contribution is 5.92. The van der Waals surface area contributed by atoms with Crippen molar-refractivity contribution in [1.82, 2.24) is 4.98 Å². The van der Waals surface area contributed by atoms with Gasteiger partial charge in [0.1, 0.15) is 5.82 Å². The summed E-state index contributed by atoms with van der Waals surface area (Å²) in [4.78, 5) is 26.7. The van der Waals surface area contributed by atoms with Gasteiger partial charge in [-0.2, -0.15) is 0 Å². The van der Waals surface area contributed by atoms with Crippen LogP contribution in [-0.4, -0.2) is 28.5 Å². The lowest BCUT2D eigenvalue weighted by Crippen LogP contribution is -2.37. The maximum atomic E-state index is 11.7. The standard InChI is InChI=1S/C15H21N3O3/c16-13(19)11-5-6-12(17-9-11)18-10-15(14(20)21)7-3-1-2-4-8-15/h5-6,9H,1-4,7-8,10H2,(H2,16,19)(H,17,18)(H,20,21). The van der Waals surface area contributed by atoms with E-state index in [1.165, 1.54) is 6.20 Å². The van der Waals surface area contributed by atoms with Gasteiger partial charge in [0.15, 0.2) is 0 Å². The molecule has 21 heavy (non-hydrogen) atoms. The fourth-order valence-electron chi connectivity index (χ4n) is 2.78. The van der Waals surface area contributed by atoms with E-state index in [2.05, 4.69) is 10.3 Å². The molecule has 1 saturated carbocycles. The number of primary amides is 1. The smallest absolute Gasteiger partial charge is 0.311 e. The number of nitrogens with two attached hydrogens (primary N) is 1. The van der Waals surface area contributed by atoms with Crippen LogP contribution in [0.25, 0.3) is 0 Å². The molecule has 0 spiro atoms. The van der Waals surface area contributed by atoms with Crippen LogP contribution >= 0.6 is 0 Å². The highest BCUT2D eigenvalue weighted by Gasteiger charge is 2.38. The number of nitrogens with zero attached hydrogens (tertiary/aromatic N) is 1. The molecule has 1 aliphatic rings. The Morgan fingerprint density at radius 2 is 1.90 bits per heavy atom. The Labute approximate surface area is 123 Å². The molecule has 1 heterocycles. The molecular formula is C15H21N3O3. The number of nitrogens with one attached hydrogen (secondary N) is 1. The zero-order valence-corrected chi connectivity index (χ0v) is 12.0. The van der Waals surface area contributed by atoms with Crippen LogP contribution in [0.4, 0.5) is 5.82 Å². The summed E-state index contributed by atoms with van der Waals surface area (Å²) < 4.78 is 0. The molecular weight excluding hydrogens is 270 g/mol. The fourth-order valence-corrected chi connectivity index (χ4v) is 2.78. The van der Waals surface area contributed by atoms with E-state index in [9.17, 15) is 14.7 Å². The summed E-state index contributed by atoms with van der Waals surface area (Å²) in [5.74, 6) is -0.713. The van der Waals surface area contributed by atoms with Gasteiger partial charge < -0.3 is 16.2 Å². The van der Waals surface area contributed by atoms with Crippen molar-refractivity contribution in [2.45, 2.75) is 38.5 Å². The number of aromatic nitrogens is 1. The lowest BCUT2D eigenvalue weighted by atomic mass is 9.80. The van der Waals surface area contributed by atoms with Crippen LogP contribution in [0.2, 0.25) is 0 Å². The second kappa shape index (κ2) is 6.56. The minimum atomic E-state index is -0.745. The SMILES string of the molecule is NC(=O)c1ccc(NCC2(C(=O)O)CCCCCC2)nc1. The molecule has 0 atom stereocenters. The third-order valence-electron chi connectivity index (χ3n) is 4.17. The minimum absolute atomic E-state index is 0.336. The quantitative estimate of drug-likeness (QED) is 0.720. The topological polar surface area (TPSA) is 105 Å². The third-order valence-corrected chi connectivity index (χ3v) is 4.17. The predicted octanol–water partition coefficient (Wildman–Crippen LogP) is 2.02. The van der Waals surface area contributed by atoms with Crippen LogP contribution in [0.15, 0.2) is 18.3 Å². The number of carboxylic acid groups (broad SMARTS) is 1. The van der Waals surface area contributed by atoms with Crippen molar-refractivity contribution >= 4 is 17.7 Å². The monoisotopic (exact) mass is 291 g/mol. The molecule has 1 amide bonds. The Morgan fingerprint density at radius 3 is 2.38 bits per heavy atom. The summed E-state index contributed by atoms with van der Waals surface area (Å²) in [6, 6.07) is 3.23. The Morgan fingerprint density at radius 1 is 1.24 bits per heavy atom. The normalized spacial score (nSPS) is 17.7. The number of carbonyl (C=O) groups is 2. The van der Waals surface area contributed by atoms with Crippen LogP contribution in [0.5, 0.6) is 0 Å². The third kappa shape index (κ3) is 3.71. The zero-order chi connectivity index (χ0) is 15.3. The van der Waals surface area contributed by atoms with E-state index in [4.69, 9.17) is 5.73 Å². The van der Waals surface area contributed by atoms with Gasteiger partial charge in [-0.3, -0.25) is 9.59 Å². The van der Waals surface area contributed by atoms with Gasteiger partial charge in [0.2, 0.25) is 5.91 Å². The highest BCUT2D eigenvalue weighted by atomic mass is 16.4. The molecule has 0 unspecified atom stereocenters. The van der Waals surface area contributed by atoms with Gasteiger partial charge in [-0.25, -0.2) is 4.98 Å². The molecule has 114 valence electrons. The summed E-state index contributed by atoms with van der Waals surface area (Å²) in [5, 5.41) is 12.7. The first kappa shape index (κ1) is 15.3. The average Bonchev–Trinajstić information content (AvgIpc) is 2.72. The van der Waals surface area contributed by atoms with Crippen LogP contribution in [-0.2, 0) is 4.79 Å². The first-order valence-electron chi connectivity index (χ1n) is 7.27. The molecule has 0 bridgehead atoms. The van der Waals surface area contributed by atoms with Crippen molar-refractivity contribution in [2.24, 2.45) is 11.1 Å². The molecule has 0 saturated heterocycles. The average molecular weight is 291 g/mol. The van der Waals surface area contributed by atoms with Gasteiger partial charge in [-0.1, -0.05) is 25.7 Å². The van der Waals surface area contributed by atoms with Crippen molar-refractivity contribution in [2.75, 3.05) is 11.9 Å². The van der Waals surface area contributed by atoms with Crippen molar-refractivity contribution < 1.29 is 14.7 Å². The first-order chi connectivity index (χ1) is 10.0. The number of amides is 1. The maximum Gasteiger partial charge on any atom is 0.311 e. The molecule has 6 nitrogen and oxygen atoms in total. The minimum Gasteiger partial charge on any atom is -0.481 e. The largest absolute Gasteiger partial charge is 0.481 e. The molecule has 6 heteroatoms. The van der Waals surface area contributed by atoms with Crippen LogP contribution in [0.1, 0.15) is 48.9 Å². The number of aliphatic carboxylic acids is 1. The van der Waals surface area contributed by atoms with Crippen LogP contribution in [0.3, 0.4) is 0 Å². The summed E-state index contributed by atoms with van der Waals surface area (Å²) in [6.07, 6.45) is 6.86. The number of hydrogen-bond acceptors (Lipinski definition) is 4. The van der Waals surface area contributed by atoms with Crippen molar-refractivity contribution in [3.63, 3.8) is 0 Å². The van der Waals surface area contributed by atoms with E-state index >= 15 is 0 Å². The van der Waals surface area contributed by atoms with E-state index in [0.29, 0.717) is 30.8 Å². The Kier molecular flexibility index (Phi) is 4.77. The molecule has 0 radical (unpaired) electrons. The van der Waals surface area contributed by atoms with E-state index in [0.717, 1.165) is 25.7 Å². The molecule has 2 rings (SSSR count). The van der Waals surface area contributed by atoms with Gasteiger partial charge in [0, 0.05) is 12.7 Å². The zero-order valence-electron chi connectivity index (χ0n) is 12.0. The van der Waals surface area contributed by atoms with Gasteiger partial charge in [-0.05, 0) is 25.0 Å². The predicted molar refractivity (Wildman–Crippen MR) is 79.0 cm³/mol. The molecule has 1 aliphatic carbocycles. The number of pyridine rings is 1. The maximum absolute atomic E-state index is 11.7. The summed E-state index contributed by atoms with van der Waals surface area (Å²) in [6.45, 7) is 0.352. The lowest BCUT2D eigenvalue weighted by molar-refractivity contribution is -0.149. The van der Waals surface area contributed by atoms with Gasteiger partial charge in [-0.15, -0.1) is 0 Å². The van der Waals surface area contributed by atoms with Crippen LogP contribution in [0, 0.1) is 5.41 Å². The van der Waals surface area contributed by atoms with E-state index in [-0.39, 0.29) is 0 Å². The second-order valence-electron chi connectivity index (χ2n) is 5.65. The highest BCUT2D eigenvalue weighted by Crippen LogP contribution is 2.35. The second-order valence-corrected chi connectivity index (χ2v) is 5.65. The summed E-state index contributed by atoms with van der Waals surface area (Å²) >= 11 is 0. The number of anilines is 1. The molecule has 4 N–H and O–H groups in total. The summed E-state index contributed by atoms with van der Waals surface area (Å²) in [7, 11) is 0. The van der Waals surface area contributed by atoms with E-state index in [1.807, 2.05) is 0 Å². The molecule has 0 aromatic carbocycles. The number of hydrogen-bond donors (Lipinski definition) is 3. The van der Waals surface area contributed by atoms with Crippen molar-refractivity contribution in [1.29, 1.82) is 0 Å². The Bertz CT molecular complexity index is 505. The van der Waals surface area contributed by atoms with Gasteiger partial charge in [0.25, 0.3) is 0 Å². The van der Waals surface area contributed by atoms with E-state index in [1.54, 1.807) is 12.1 Å². The lowest BCUT2D eigenvalue weighted by Gasteiger charge is -2.28. The van der Waals surface area contributed by atoms with Gasteiger partial charge in [0.05, 0.1) is 11.0 Å². The van der Waals surface area contributed by atoms with Crippen molar-refractivity contribution in [3.05, 3.63) is 23.9 Å². The molecule has 1 aromatic rings. The molecule has 1 fully saturated rings. The van der Waals surface area contributed by atoms with Crippen LogP contribution < -0.4 is 11.1 Å².